The van der Waals surface area contributed by atoms with Gasteiger partial charge in [0.2, 0.25) is 0 Å². The lowest BCUT2D eigenvalue weighted by Gasteiger charge is -2.27. The number of urea groups is 1. The fourth-order valence-electron chi connectivity index (χ4n) is 2.22. The smallest absolute Gasteiger partial charge is 0.319 e. The first-order valence-corrected chi connectivity index (χ1v) is 8.52. The maximum absolute atomic E-state index is 12.3. The highest BCUT2D eigenvalue weighted by Crippen LogP contribution is 2.26. The summed E-state index contributed by atoms with van der Waals surface area (Å²) in [7, 11) is 0. The number of amides is 2. The average Bonchev–Trinajstić information content (AvgIpc) is 2.50. The summed E-state index contributed by atoms with van der Waals surface area (Å²) in [5, 5.41) is 6.17. The zero-order valence-electron chi connectivity index (χ0n) is 13.6. The molecule has 2 N–H and O–H groups in total. The van der Waals surface area contributed by atoms with Gasteiger partial charge in [0.25, 0.3) is 0 Å². The van der Waals surface area contributed by atoms with Gasteiger partial charge in [0.15, 0.2) is 5.78 Å². The Morgan fingerprint density at radius 1 is 1.12 bits per heavy atom. The number of anilines is 1. The van der Waals surface area contributed by atoms with Crippen LogP contribution in [0, 0.1) is 0 Å². The fourth-order valence-corrected chi connectivity index (χ4v) is 2.65. The predicted octanol–water partition coefficient (Wildman–Crippen LogP) is 5.36. The topological polar surface area (TPSA) is 58.2 Å². The van der Waals surface area contributed by atoms with Crippen LogP contribution in [-0.2, 0) is 5.54 Å². The number of carbonyl (C=O) groups excluding carboxylic acids is 2. The molecule has 0 spiro atoms. The number of hydrogen-bond acceptors (Lipinski definition) is 2. The van der Waals surface area contributed by atoms with Crippen molar-refractivity contribution in [2.24, 2.45) is 0 Å². The van der Waals surface area contributed by atoms with Crippen LogP contribution < -0.4 is 10.6 Å². The van der Waals surface area contributed by atoms with E-state index in [0.717, 1.165) is 10.0 Å². The Bertz CT molecular complexity index is 790. The number of benzene rings is 2. The number of hydrogen-bond donors (Lipinski definition) is 2. The van der Waals surface area contributed by atoms with Gasteiger partial charge in [0, 0.05) is 15.7 Å². The minimum Gasteiger partial charge on any atom is -0.329 e. The maximum Gasteiger partial charge on any atom is 0.319 e. The van der Waals surface area contributed by atoms with Gasteiger partial charge >= 0.3 is 6.03 Å². The summed E-state index contributed by atoms with van der Waals surface area (Å²) in [6.07, 6.45) is 0. The first kappa shape index (κ1) is 18.5. The van der Waals surface area contributed by atoms with E-state index in [0.29, 0.717) is 16.3 Å². The van der Waals surface area contributed by atoms with Gasteiger partial charge in [-0.3, -0.25) is 4.79 Å². The standard InChI is InChI=1S/C18H18BrClN2O2/c1-11(23)12-5-4-6-13(9-12)18(2,3)22-17(24)21-14-7-8-15(19)16(20)10-14/h4-10H,1-3H3,(H2,21,22,24). The second kappa shape index (κ2) is 7.36. The van der Waals surface area contributed by atoms with E-state index in [9.17, 15) is 9.59 Å². The first-order chi connectivity index (χ1) is 11.2. The number of halogens is 2. The Morgan fingerprint density at radius 2 is 1.83 bits per heavy atom. The van der Waals surface area contributed by atoms with E-state index in [1.54, 1.807) is 30.3 Å². The van der Waals surface area contributed by atoms with Crippen molar-refractivity contribution >= 4 is 45.0 Å². The van der Waals surface area contributed by atoms with Crippen molar-refractivity contribution in [3.05, 3.63) is 63.1 Å². The Labute approximate surface area is 154 Å². The second-order valence-electron chi connectivity index (χ2n) is 5.97. The van der Waals surface area contributed by atoms with Crippen LogP contribution in [0.1, 0.15) is 36.7 Å². The second-order valence-corrected chi connectivity index (χ2v) is 7.23. The molecule has 6 heteroatoms. The van der Waals surface area contributed by atoms with Gasteiger partial charge in [0.1, 0.15) is 0 Å². The molecule has 0 unspecified atom stereocenters. The molecule has 0 aliphatic heterocycles. The molecule has 0 saturated carbocycles. The Balaban J connectivity index is 2.13. The van der Waals surface area contributed by atoms with Gasteiger partial charge in [-0.2, -0.15) is 0 Å². The highest BCUT2D eigenvalue weighted by Gasteiger charge is 2.23. The number of nitrogens with one attached hydrogen (secondary N) is 2. The van der Waals surface area contributed by atoms with Gasteiger partial charge in [-0.05, 0) is 66.5 Å². The number of Topliss-reactive ketones (excluding diaryl/α,β-unsaturated/α-hetero) is 1. The minimum absolute atomic E-state index is 0.0124. The molecule has 2 rings (SSSR count). The van der Waals surface area contributed by atoms with Crippen molar-refractivity contribution < 1.29 is 9.59 Å². The van der Waals surface area contributed by atoms with E-state index in [2.05, 4.69) is 26.6 Å². The molecule has 2 amide bonds. The Morgan fingerprint density at radius 3 is 2.46 bits per heavy atom. The molecule has 0 bridgehead atoms. The maximum atomic E-state index is 12.3. The van der Waals surface area contributed by atoms with Crippen molar-refractivity contribution in [1.29, 1.82) is 0 Å². The lowest BCUT2D eigenvalue weighted by molar-refractivity contribution is 0.101. The molecule has 0 heterocycles. The number of rotatable bonds is 4. The Hall–Kier alpha value is -1.85. The number of ketones is 1. The summed E-state index contributed by atoms with van der Waals surface area (Å²) in [4.78, 5) is 23.8. The van der Waals surface area contributed by atoms with E-state index in [4.69, 9.17) is 11.6 Å². The van der Waals surface area contributed by atoms with Crippen LogP contribution >= 0.6 is 27.5 Å². The van der Waals surface area contributed by atoms with Crippen LogP contribution in [0.15, 0.2) is 46.9 Å². The normalized spacial score (nSPS) is 11.0. The summed E-state index contributed by atoms with van der Waals surface area (Å²) >= 11 is 9.33. The summed E-state index contributed by atoms with van der Waals surface area (Å²) in [6.45, 7) is 5.27. The van der Waals surface area contributed by atoms with Crippen molar-refractivity contribution in [3.63, 3.8) is 0 Å². The third-order valence-corrected chi connectivity index (χ3v) is 4.83. The van der Waals surface area contributed by atoms with E-state index in [-0.39, 0.29) is 11.8 Å². The summed E-state index contributed by atoms with van der Waals surface area (Å²) in [5.41, 5.74) is 1.41. The molecule has 0 aromatic heterocycles. The number of carbonyl (C=O) groups is 2. The third kappa shape index (κ3) is 4.58. The molecular weight excluding hydrogens is 392 g/mol. The summed E-state index contributed by atoms with van der Waals surface area (Å²) in [6, 6.07) is 12.1. The zero-order chi connectivity index (χ0) is 17.9. The molecule has 0 aliphatic carbocycles. The van der Waals surface area contributed by atoms with Crippen molar-refractivity contribution in [2.75, 3.05) is 5.32 Å². The van der Waals surface area contributed by atoms with Crippen LogP contribution in [0.5, 0.6) is 0 Å². The monoisotopic (exact) mass is 408 g/mol. The molecule has 0 atom stereocenters. The van der Waals surface area contributed by atoms with Crippen molar-refractivity contribution in [1.82, 2.24) is 5.32 Å². The van der Waals surface area contributed by atoms with Crippen LogP contribution in [0.2, 0.25) is 5.02 Å². The molecule has 0 aliphatic rings. The third-order valence-electron chi connectivity index (χ3n) is 3.59. The molecule has 0 radical (unpaired) electrons. The predicted molar refractivity (Wildman–Crippen MR) is 101 cm³/mol. The lowest BCUT2D eigenvalue weighted by atomic mass is 9.92. The van der Waals surface area contributed by atoms with E-state index in [1.165, 1.54) is 6.92 Å². The van der Waals surface area contributed by atoms with Crippen LogP contribution in [0.4, 0.5) is 10.5 Å². The van der Waals surface area contributed by atoms with Gasteiger partial charge in [0.05, 0.1) is 10.6 Å². The molecule has 4 nitrogen and oxygen atoms in total. The average molecular weight is 410 g/mol. The zero-order valence-corrected chi connectivity index (χ0v) is 16.0. The van der Waals surface area contributed by atoms with E-state index in [1.807, 2.05) is 26.0 Å². The van der Waals surface area contributed by atoms with Gasteiger partial charge < -0.3 is 10.6 Å². The Kier molecular flexibility index (Phi) is 5.67. The SMILES string of the molecule is CC(=O)c1cccc(C(C)(C)NC(=O)Nc2ccc(Br)c(Cl)c2)c1. The molecular formula is C18H18BrClN2O2. The van der Waals surface area contributed by atoms with Crippen LogP contribution in [0.3, 0.4) is 0 Å². The quantitative estimate of drug-likeness (QED) is 0.668. The highest BCUT2D eigenvalue weighted by atomic mass is 79.9. The summed E-state index contributed by atoms with van der Waals surface area (Å²) < 4.78 is 0.761. The lowest BCUT2D eigenvalue weighted by Crippen LogP contribution is -2.43. The minimum atomic E-state index is -0.644. The fraction of sp³-hybridized carbons (Fsp3) is 0.222. The molecule has 2 aromatic rings. The molecule has 0 fully saturated rings. The van der Waals surface area contributed by atoms with Crippen LogP contribution in [-0.4, -0.2) is 11.8 Å². The van der Waals surface area contributed by atoms with E-state index >= 15 is 0 Å². The van der Waals surface area contributed by atoms with Gasteiger partial charge in [-0.1, -0.05) is 29.8 Å². The van der Waals surface area contributed by atoms with Crippen LogP contribution in [0.25, 0.3) is 0 Å². The summed E-state index contributed by atoms with van der Waals surface area (Å²) in [5.74, 6) is -0.0124. The molecule has 126 valence electrons. The largest absolute Gasteiger partial charge is 0.329 e. The van der Waals surface area contributed by atoms with Crippen molar-refractivity contribution in [2.45, 2.75) is 26.3 Å². The van der Waals surface area contributed by atoms with Gasteiger partial charge in [-0.15, -0.1) is 0 Å². The molecule has 24 heavy (non-hydrogen) atoms. The first-order valence-electron chi connectivity index (χ1n) is 7.35. The van der Waals surface area contributed by atoms with Crippen molar-refractivity contribution in [3.8, 4) is 0 Å². The van der Waals surface area contributed by atoms with Gasteiger partial charge in [-0.25, -0.2) is 4.79 Å². The highest BCUT2D eigenvalue weighted by molar-refractivity contribution is 9.10. The van der Waals surface area contributed by atoms with E-state index < -0.39 is 5.54 Å². The molecule has 0 saturated heterocycles. The molecule has 2 aromatic carbocycles.